The normalized spacial score (nSPS) is 11.2. The summed E-state index contributed by atoms with van der Waals surface area (Å²) in [6.07, 6.45) is 0.232. The maximum atomic E-state index is 12.3. The number of benzene rings is 1. The van der Waals surface area contributed by atoms with Crippen LogP contribution >= 0.6 is 0 Å². The molecule has 0 bridgehead atoms. The van der Waals surface area contributed by atoms with E-state index in [1.807, 2.05) is 31.2 Å². The molecule has 0 radical (unpaired) electrons. The molecule has 104 valence electrons. The van der Waals surface area contributed by atoms with Crippen LogP contribution in [0.3, 0.4) is 0 Å². The molecule has 0 saturated carbocycles. The molecule has 0 aliphatic rings. The standard InChI is InChI=1S/C14H17F2NO2/c1-11-4-2-3-5-12(11)6-7-14(19)17(8-9-18)10-13(15)16/h2-7,13,18H,8-10H2,1H3/b7-6+. The van der Waals surface area contributed by atoms with Crippen LogP contribution in [-0.4, -0.2) is 42.0 Å². The lowest BCUT2D eigenvalue weighted by atomic mass is 10.1. The molecule has 3 nitrogen and oxygen atoms in total. The van der Waals surface area contributed by atoms with E-state index < -0.39 is 18.9 Å². The maximum Gasteiger partial charge on any atom is 0.255 e. The second-order valence-corrected chi connectivity index (χ2v) is 4.09. The minimum atomic E-state index is -2.61. The van der Waals surface area contributed by atoms with Crippen LogP contribution in [0.25, 0.3) is 6.08 Å². The lowest BCUT2D eigenvalue weighted by Crippen LogP contribution is -2.36. The van der Waals surface area contributed by atoms with Crippen molar-refractivity contribution in [2.45, 2.75) is 13.3 Å². The highest BCUT2D eigenvalue weighted by Gasteiger charge is 2.15. The fraction of sp³-hybridized carbons (Fsp3) is 0.357. The van der Waals surface area contributed by atoms with Gasteiger partial charge in [0, 0.05) is 12.6 Å². The van der Waals surface area contributed by atoms with Gasteiger partial charge >= 0.3 is 0 Å². The molecule has 1 rings (SSSR count). The molecule has 0 aliphatic heterocycles. The lowest BCUT2D eigenvalue weighted by molar-refractivity contribution is -0.128. The predicted octanol–water partition coefficient (Wildman–Crippen LogP) is 2.09. The summed E-state index contributed by atoms with van der Waals surface area (Å²) in [5, 5.41) is 8.76. The molecule has 0 aromatic heterocycles. The third-order valence-corrected chi connectivity index (χ3v) is 2.63. The van der Waals surface area contributed by atoms with E-state index in [2.05, 4.69) is 0 Å². The first-order valence-corrected chi connectivity index (χ1v) is 5.96. The van der Waals surface area contributed by atoms with Crippen LogP contribution in [-0.2, 0) is 4.79 Å². The number of halogens is 2. The van der Waals surface area contributed by atoms with Gasteiger partial charge in [-0.2, -0.15) is 0 Å². The van der Waals surface area contributed by atoms with Gasteiger partial charge in [-0.05, 0) is 24.1 Å². The highest BCUT2D eigenvalue weighted by molar-refractivity contribution is 5.92. The first kappa shape index (κ1) is 15.3. The summed E-state index contributed by atoms with van der Waals surface area (Å²) in [7, 11) is 0. The Labute approximate surface area is 111 Å². The predicted molar refractivity (Wildman–Crippen MR) is 69.9 cm³/mol. The zero-order valence-corrected chi connectivity index (χ0v) is 10.7. The van der Waals surface area contributed by atoms with E-state index in [1.165, 1.54) is 6.08 Å². The number of amides is 1. The van der Waals surface area contributed by atoms with Crippen molar-refractivity contribution in [3.8, 4) is 0 Å². The van der Waals surface area contributed by atoms with E-state index in [1.54, 1.807) is 6.08 Å². The number of rotatable bonds is 6. The minimum Gasteiger partial charge on any atom is -0.395 e. The number of aliphatic hydroxyl groups is 1. The molecule has 0 saturated heterocycles. The topological polar surface area (TPSA) is 40.5 Å². The second kappa shape index (κ2) is 7.63. The monoisotopic (exact) mass is 269 g/mol. The van der Waals surface area contributed by atoms with Gasteiger partial charge in [0.2, 0.25) is 5.91 Å². The number of nitrogens with zero attached hydrogens (tertiary/aromatic N) is 1. The summed E-state index contributed by atoms with van der Waals surface area (Å²) in [4.78, 5) is 12.7. The van der Waals surface area contributed by atoms with Gasteiger partial charge < -0.3 is 10.0 Å². The molecule has 1 amide bonds. The van der Waals surface area contributed by atoms with Crippen LogP contribution in [0.2, 0.25) is 0 Å². The van der Waals surface area contributed by atoms with Crippen molar-refractivity contribution in [3.05, 3.63) is 41.5 Å². The molecular weight excluding hydrogens is 252 g/mol. The summed E-state index contributed by atoms with van der Waals surface area (Å²) >= 11 is 0. The van der Waals surface area contributed by atoms with Gasteiger partial charge in [0.15, 0.2) is 0 Å². The number of hydrogen-bond acceptors (Lipinski definition) is 2. The third-order valence-electron chi connectivity index (χ3n) is 2.63. The largest absolute Gasteiger partial charge is 0.395 e. The molecular formula is C14H17F2NO2. The third kappa shape index (κ3) is 5.18. The number of aryl methyl sites for hydroxylation is 1. The molecule has 0 aliphatic carbocycles. The maximum absolute atomic E-state index is 12.3. The van der Waals surface area contributed by atoms with Crippen molar-refractivity contribution >= 4 is 12.0 Å². The molecule has 19 heavy (non-hydrogen) atoms. The molecule has 0 unspecified atom stereocenters. The average Bonchev–Trinajstić information content (AvgIpc) is 2.36. The molecule has 0 atom stereocenters. The summed E-state index contributed by atoms with van der Waals surface area (Å²) in [5.41, 5.74) is 1.85. The van der Waals surface area contributed by atoms with Gasteiger partial charge in [-0.15, -0.1) is 0 Å². The zero-order valence-electron chi connectivity index (χ0n) is 10.7. The van der Waals surface area contributed by atoms with E-state index in [0.29, 0.717) is 0 Å². The van der Waals surface area contributed by atoms with Gasteiger partial charge in [-0.1, -0.05) is 24.3 Å². The van der Waals surface area contributed by atoms with Gasteiger partial charge in [-0.25, -0.2) is 8.78 Å². The molecule has 5 heteroatoms. The Morgan fingerprint density at radius 3 is 2.68 bits per heavy atom. The number of carbonyl (C=O) groups is 1. The average molecular weight is 269 g/mol. The SMILES string of the molecule is Cc1ccccc1/C=C/C(=O)N(CCO)CC(F)F. The quantitative estimate of drug-likeness (QED) is 0.803. The van der Waals surface area contributed by atoms with Crippen LogP contribution < -0.4 is 0 Å². The molecule has 1 N–H and O–H groups in total. The van der Waals surface area contributed by atoms with E-state index in [4.69, 9.17) is 5.11 Å². The van der Waals surface area contributed by atoms with Gasteiger partial charge in [0.1, 0.15) is 0 Å². The first-order chi connectivity index (χ1) is 9.04. The number of hydrogen-bond donors (Lipinski definition) is 1. The van der Waals surface area contributed by atoms with Gasteiger partial charge in [0.05, 0.1) is 13.2 Å². The summed E-state index contributed by atoms with van der Waals surface area (Å²) in [6, 6.07) is 7.45. The summed E-state index contributed by atoms with van der Waals surface area (Å²) in [6.45, 7) is 0.796. The smallest absolute Gasteiger partial charge is 0.255 e. The second-order valence-electron chi connectivity index (χ2n) is 4.09. The van der Waals surface area contributed by atoms with Crippen LogP contribution in [0.1, 0.15) is 11.1 Å². The van der Waals surface area contributed by atoms with Crippen LogP contribution in [0.4, 0.5) is 8.78 Å². The molecule has 1 aromatic carbocycles. The Morgan fingerprint density at radius 1 is 1.42 bits per heavy atom. The van der Waals surface area contributed by atoms with Crippen molar-refractivity contribution in [1.82, 2.24) is 4.90 Å². The van der Waals surface area contributed by atoms with Crippen molar-refractivity contribution in [1.29, 1.82) is 0 Å². The molecule has 0 fully saturated rings. The van der Waals surface area contributed by atoms with Gasteiger partial charge in [-0.3, -0.25) is 4.79 Å². The van der Waals surface area contributed by atoms with Crippen LogP contribution in [0, 0.1) is 6.92 Å². The van der Waals surface area contributed by atoms with E-state index >= 15 is 0 Å². The molecule has 0 spiro atoms. The van der Waals surface area contributed by atoms with Crippen molar-refractivity contribution < 1.29 is 18.7 Å². The highest BCUT2D eigenvalue weighted by Crippen LogP contribution is 2.09. The number of aliphatic hydroxyl groups excluding tert-OH is 1. The first-order valence-electron chi connectivity index (χ1n) is 5.96. The van der Waals surface area contributed by atoms with Crippen molar-refractivity contribution in [2.24, 2.45) is 0 Å². The Morgan fingerprint density at radius 2 is 2.11 bits per heavy atom. The minimum absolute atomic E-state index is 0.0959. The zero-order chi connectivity index (χ0) is 14.3. The van der Waals surface area contributed by atoms with E-state index in [9.17, 15) is 13.6 Å². The van der Waals surface area contributed by atoms with E-state index in [0.717, 1.165) is 16.0 Å². The fourth-order valence-corrected chi connectivity index (χ4v) is 1.62. The van der Waals surface area contributed by atoms with Crippen LogP contribution in [0.15, 0.2) is 30.3 Å². The fourth-order valence-electron chi connectivity index (χ4n) is 1.62. The van der Waals surface area contributed by atoms with Crippen molar-refractivity contribution in [3.63, 3.8) is 0 Å². The molecule has 0 heterocycles. The highest BCUT2D eigenvalue weighted by atomic mass is 19.3. The number of alkyl halides is 2. The van der Waals surface area contributed by atoms with Crippen LogP contribution in [0.5, 0.6) is 0 Å². The van der Waals surface area contributed by atoms with Crippen molar-refractivity contribution in [2.75, 3.05) is 19.7 Å². The Kier molecular flexibility index (Phi) is 6.15. The lowest BCUT2D eigenvalue weighted by Gasteiger charge is -2.19. The summed E-state index contributed by atoms with van der Waals surface area (Å²) < 4.78 is 24.6. The Hall–Kier alpha value is -1.75. The number of carbonyl (C=O) groups excluding carboxylic acids is 1. The van der Waals surface area contributed by atoms with E-state index in [-0.39, 0.29) is 13.2 Å². The Balaban J connectivity index is 2.73. The van der Waals surface area contributed by atoms with Gasteiger partial charge in [0.25, 0.3) is 6.43 Å². The Bertz CT molecular complexity index is 447. The molecule has 1 aromatic rings. The summed E-state index contributed by atoms with van der Waals surface area (Å²) in [5.74, 6) is -0.530.